The van der Waals surface area contributed by atoms with Crippen LogP contribution < -0.4 is 0 Å². The molecule has 0 saturated heterocycles. The Morgan fingerprint density at radius 1 is 1.56 bits per heavy atom. The molecule has 1 atom stereocenters. The van der Waals surface area contributed by atoms with E-state index in [4.69, 9.17) is 5.11 Å². The molecule has 1 heterocycles. The van der Waals surface area contributed by atoms with Crippen molar-refractivity contribution in [1.82, 2.24) is 4.98 Å². The van der Waals surface area contributed by atoms with E-state index < -0.39 is 5.97 Å². The Labute approximate surface area is 95.5 Å². The summed E-state index contributed by atoms with van der Waals surface area (Å²) in [4.78, 5) is 15.6. The average molecular weight is 219 g/mol. The van der Waals surface area contributed by atoms with Gasteiger partial charge in [-0.3, -0.25) is 9.78 Å². The summed E-state index contributed by atoms with van der Waals surface area (Å²) in [5, 5.41) is 9.05. The maximum atomic E-state index is 11.0. The van der Waals surface area contributed by atoms with Crippen LogP contribution in [-0.2, 0) is 17.6 Å². The van der Waals surface area contributed by atoms with Crippen LogP contribution in [0.3, 0.4) is 0 Å². The standard InChI is InChI=1S/C13H17NO2/c1-8(2)7-9-3-4-10-11(13(15)16)5-6-12(10)14-9/h3-4,8,11H,5-7H2,1-2H3,(H,15,16). The van der Waals surface area contributed by atoms with Crippen molar-refractivity contribution in [3.05, 3.63) is 29.1 Å². The van der Waals surface area contributed by atoms with Gasteiger partial charge in [-0.05, 0) is 36.8 Å². The first-order valence-corrected chi connectivity index (χ1v) is 5.79. The second-order valence-corrected chi connectivity index (χ2v) is 4.87. The van der Waals surface area contributed by atoms with Crippen molar-refractivity contribution in [3.63, 3.8) is 0 Å². The van der Waals surface area contributed by atoms with E-state index in [9.17, 15) is 4.79 Å². The van der Waals surface area contributed by atoms with E-state index >= 15 is 0 Å². The Morgan fingerprint density at radius 2 is 2.31 bits per heavy atom. The lowest BCUT2D eigenvalue weighted by Crippen LogP contribution is -2.08. The van der Waals surface area contributed by atoms with Crippen molar-refractivity contribution >= 4 is 5.97 Å². The Kier molecular flexibility index (Phi) is 2.95. The van der Waals surface area contributed by atoms with E-state index in [0.717, 1.165) is 29.8 Å². The van der Waals surface area contributed by atoms with Crippen molar-refractivity contribution in [2.24, 2.45) is 5.92 Å². The van der Waals surface area contributed by atoms with Crippen LogP contribution in [0.2, 0.25) is 0 Å². The number of hydrogen-bond donors (Lipinski definition) is 1. The molecule has 1 N–H and O–H groups in total. The number of hydrogen-bond acceptors (Lipinski definition) is 2. The maximum absolute atomic E-state index is 11.0. The van der Waals surface area contributed by atoms with Gasteiger partial charge in [0.1, 0.15) is 0 Å². The van der Waals surface area contributed by atoms with Gasteiger partial charge < -0.3 is 5.11 Å². The lowest BCUT2D eigenvalue weighted by atomic mass is 10.0. The number of rotatable bonds is 3. The molecule has 1 aromatic heterocycles. The number of aromatic nitrogens is 1. The summed E-state index contributed by atoms with van der Waals surface area (Å²) >= 11 is 0. The van der Waals surface area contributed by atoms with E-state index in [2.05, 4.69) is 18.8 Å². The molecule has 3 nitrogen and oxygen atoms in total. The SMILES string of the molecule is CC(C)Cc1ccc2c(n1)CCC2C(=O)O. The van der Waals surface area contributed by atoms with Gasteiger partial charge in [-0.25, -0.2) is 0 Å². The summed E-state index contributed by atoms with van der Waals surface area (Å²) in [7, 11) is 0. The molecule has 16 heavy (non-hydrogen) atoms. The molecule has 0 aliphatic heterocycles. The molecule has 0 saturated carbocycles. The zero-order valence-corrected chi connectivity index (χ0v) is 9.73. The third-order valence-corrected chi connectivity index (χ3v) is 3.03. The smallest absolute Gasteiger partial charge is 0.311 e. The van der Waals surface area contributed by atoms with Gasteiger partial charge in [0.15, 0.2) is 0 Å². The molecule has 1 aliphatic carbocycles. The van der Waals surface area contributed by atoms with Crippen LogP contribution in [0.1, 0.15) is 43.1 Å². The molecule has 0 amide bonds. The highest BCUT2D eigenvalue weighted by Gasteiger charge is 2.29. The molecule has 0 fully saturated rings. The monoisotopic (exact) mass is 219 g/mol. The number of fused-ring (bicyclic) bond motifs is 1. The minimum absolute atomic E-state index is 0.337. The zero-order chi connectivity index (χ0) is 11.7. The summed E-state index contributed by atoms with van der Waals surface area (Å²) in [6, 6.07) is 3.92. The van der Waals surface area contributed by atoms with E-state index in [0.29, 0.717) is 12.3 Å². The number of aryl methyl sites for hydroxylation is 1. The van der Waals surface area contributed by atoms with Crippen LogP contribution in [0, 0.1) is 5.92 Å². The van der Waals surface area contributed by atoms with Gasteiger partial charge in [0.05, 0.1) is 5.92 Å². The van der Waals surface area contributed by atoms with Gasteiger partial charge in [0, 0.05) is 11.4 Å². The van der Waals surface area contributed by atoms with Crippen LogP contribution >= 0.6 is 0 Å². The van der Waals surface area contributed by atoms with E-state index in [1.165, 1.54) is 0 Å². The molecule has 1 unspecified atom stereocenters. The normalized spacial score (nSPS) is 18.8. The lowest BCUT2D eigenvalue weighted by molar-refractivity contribution is -0.138. The summed E-state index contributed by atoms with van der Waals surface area (Å²) < 4.78 is 0. The van der Waals surface area contributed by atoms with Gasteiger partial charge in [-0.15, -0.1) is 0 Å². The number of nitrogens with zero attached hydrogens (tertiary/aromatic N) is 1. The molecular formula is C13H17NO2. The number of pyridine rings is 1. The number of aliphatic carboxylic acids is 1. The molecule has 2 rings (SSSR count). The van der Waals surface area contributed by atoms with Crippen molar-refractivity contribution in [1.29, 1.82) is 0 Å². The Balaban J connectivity index is 2.25. The first-order chi connectivity index (χ1) is 7.58. The third kappa shape index (κ3) is 2.08. The molecule has 0 radical (unpaired) electrons. The summed E-state index contributed by atoms with van der Waals surface area (Å²) in [6.07, 6.45) is 2.46. The van der Waals surface area contributed by atoms with Crippen LogP contribution in [0.15, 0.2) is 12.1 Å². The summed E-state index contributed by atoms with van der Waals surface area (Å²) in [5.41, 5.74) is 2.99. The minimum Gasteiger partial charge on any atom is -0.481 e. The third-order valence-electron chi connectivity index (χ3n) is 3.03. The quantitative estimate of drug-likeness (QED) is 0.849. The highest BCUT2D eigenvalue weighted by atomic mass is 16.4. The molecule has 0 spiro atoms. The van der Waals surface area contributed by atoms with Crippen LogP contribution in [-0.4, -0.2) is 16.1 Å². The zero-order valence-electron chi connectivity index (χ0n) is 9.73. The first-order valence-electron chi connectivity index (χ1n) is 5.79. The van der Waals surface area contributed by atoms with E-state index in [-0.39, 0.29) is 5.92 Å². The summed E-state index contributed by atoms with van der Waals surface area (Å²) in [6.45, 7) is 4.32. The fourth-order valence-corrected chi connectivity index (χ4v) is 2.30. The van der Waals surface area contributed by atoms with Crippen molar-refractivity contribution in [3.8, 4) is 0 Å². The predicted octanol–water partition coefficient (Wildman–Crippen LogP) is 2.39. The lowest BCUT2D eigenvalue weighted by Gasteiger charge is -2.08. The van der Waals surface area contributed by atoms with Gasteiger partial charge in [0.2, 0.25) is 0 Å². The molecule has 86 valence electrons. The highest BCUT2D eigenvalue weighted by Crippen LogP contribution is 2.32. The Morgan fingerprint density at radius 3 is 2.94 bits per heavy atom. The number of carboxylic acid groups (broad SMARTS) is 1. The maximum Gasteiger partial charge on any atom is 0.311 e. The van der Waals surface area contributed by atoms with Crippen LogP contribution in [0.5, 0.6) is 0 Å². The second-order valence-electron chi connectivity index (χ2n) is 4.87. The molecule has 0 aromatic carbocycles. The fourth-order valence-electron chi connectivity index (χ4n) is 2.30. The highest BCUT2D eigenvalue weighted by molar-refractivity contribution is 5.77. The van der Waals surface area contributed by atoms with Gasteiger partial charge in [-0.2, -0.15) is 0 Å². The number of carboxylic acids is 1. The average Bonchev–Trinajstić information content (AvgIpc) is 2.59. The van der Waals surface area contributed by atoms with Crippen LogP contribution in [0.25, 0.3) is 0 Å². The molecule has 3 heteroatoms. The second kappa shape index (κ2) is 4.24. The fraction of sp³-hybridized carbons (Fsp3) is 0.538. The van der Waals surface area contributed by atoms with Gasteiger partial charge in [0.25, 0.3) is 0 Å². The summed E-state index contributed by atoms with van der Waals surface area (Å²) in [5.74, 6) is -0.477. The van der Waals surface area contributed by atoms with Crippen molar-refractivity contribution < 1.29 is 9.90 Å². The van der Waals surface area contributed by atoms with Gasteiger partial charge in [-0.1, -0.05) is 19.9 Å². The van der Waals surface area contributed by atoms with Crippen molar-refractivity contribution in [2.75, 3.05) is 0 Å². The van der Waals surface area contributed by atoms with E-state index in [1.54, 1.807) is 0 Å². The molecule has 0 bridgehead atoms. The molecular weight excluding hydrogens is 202 g/mol. The van der Waals surface area contributed by atoms with Gasteiger partial charge >= 0.3 is 5.97 Å². The predicted molar refractivity (Wildman–Crippen MR) is 61.5 cm³/mol. The molecule has 1 aromatic rings. The van der Waals surface area contributed by atoms with Crippen LogP contribution in [0.4, 0.5) is 0 Å². The van der Waals surface area contributed by atoms with Crippen molar-refractivity contribution in [2.45, 2.75) is 39.0 Å². The minimum atomic E-state index is -0.725. The Hall–Kier alpha value is -1.38. The largest absolute Gasteiger partial charge is 0.481 e. The first kappa shape index (κ1) is 11.1. The topological polar surface area (TPSA) is 50.2 Å². The molecule has 1 aliphatic rings. The number of carbonyl (C=O) groups is 1. The Bertz CT molecular complexity index is 412. The van der Waals surface area contributed by atoms with E-state index in [1.807, 2.05) is 12.1 Å².